The van der Waals surface area contributed by atoms with Crippen molar-refractivity contribution >= 4 is 21.6 Å². The quantitative estimate of drug-likeness (QED) is 0.907. The highest BCUT2D eigenvalue weighted by Gasteiger charge is 2.32. The molecule has 0 aliphatic carbocycles. The van der Waals surface area contributed by atoms with Crippen molar-refractivity contribution < 1.29 is 8.42 Å². The first-order chi connectivity index (χ1) is 9.36. The third-order valence-corrected chi connectivity index (χ3v) is 5.98. The van der Waals surface area contributed by atoms with Crippen LogP contribution in [0.2, 0.25) is 5.02 Å². The standard InChI is InChI=1S/C13H20ClN3O2S/c1-10-9-16(2)5-6-17(10)20(18,19)12-4-3-11(8-15)13(14)7-12/h3-4,7,10H,5-6,8-9,15H2,1-2H3. The van der Waals surface area contributed by atoms with Crippen LogP contribution in [0.5, 0.6) is 0 Å². The highest BCUT2D eigenvalue weighted by molar-refractivity contribution is 7.89. The Balaban J connectivity index is 2.33. The molecule has 2 rings (SSSR count). The van der Waals surface area contributed by atoms with Crippen LogP contribution in [0, 0.1) is 0 Å². The van der Waals surface area contributed by atoms with Crippen molar-refractivity contribution in [3.8, 4) is 0 Å². The Bertz CT molecular complexity index is 591. The van der Waals surface area contributed by atoms with Crippen LogP contribution in [-0.4, -0.2) is 50.3 Å². The number of benzene rings is 1. The van der Waals surface area contributed by atoms with Gasteiger partial charge in [0.25, 0.3) is 0 Å². The Morgan fingerprint density at radius 1 is 1.40 bits per heavy atom. The molecule has 1 fully saturated rings. The molecular weight excluding hydrogens is 298 g/mol. The van der Waals surface area contributed by atoms with E-state index in [1.807, 2.05) is 14.0 Å². The maximum absolute atomic E-state index is 12.7. The summed E-state index contributed by atoms with van der Waals surface area (Å²) in [6.07, 6.45) is 0. The molecule has 0 saturated carbocycles. The lowest BCUT2D eigenvalue weighted by Gasteiger charge is -2.37. The third-order valence-electron chi connectivity index (χ3n) is 3.62. The highest BCUT2D eigenvalue weighted by atomic mass is 35.5. The van der Waals surface area contributed by atoms with E-state index in [1.165, 1.54) is 6.07 Å². The summed E-state index contributed by atoms with van der Waals surface area (Å²) in [4.78, 5) is 2.36. The molecule has 1 heterocycles. The largest absolute Gasteiger partial charge is 0.326 e. The Kier molecular flexibility index (Phi) is 4.71. The fourth-order valence-corrected chi connectivity index (χ4v) is 4.43. The fraction of sp³-hybridized carbons (Fsp3) is 0.538. The monoisotopic (exact) mass is 317 g/mol. The van der Waals surface area contributed by atoms with Crippen molar-refractivity contribution in [2.45, 2.75) is 24.4 Å². The van der Waals surface area contributed by atoms with Crippen molar-refractivity contribution in [2.75, 3.05) is 26.7 Å². The van der Waals surface area contributed by atoms with Gasteiger partial charge in [-0.2, -0.15) is 4.31 Å². The number of likely N-dealkylation sites (N-methyl/N-ethyl adjacent to an activating group) is 1. The van der Waals surface area contributed by atoms with Gasteiger partial charge in [0.2, 0.25) is 10.0 Å². The molecular formula is C13H20ClN3O2S. The summed E-state index contributed by atoms with van der Waals surface area (Å²) < 4.78 is 26.9. The number of hydrogen-bond acceptors (Lipinski definition) is 4. The molecule has 1 atom stereocenters. The molecule has 1 aromatic carbocycles. The second kappa shape index (κ2) is 5.99. The van der Waals surface area contributed by atoms with Crippen LogP contribution in [0.3, 0.4) is 0 Å². The zero-order valence-electron chi connectivity index (χ0n) is 11.7. The summed E-state index contributed by atoms with van der Waals surface area (Å²) >= 11 is 6.06. The number of hydrogen-bond donors (Lipinski definition) is 1. The van der Waals surface area contributed by atoms with Gasteiger partial charge in [-0.3, -0.25) is 0 Å². The van der Waals surface area contributed by atoms with Gasteiger partial charge < -0.3 is 10.6 Å². The van der Waals surface area contributed by atoms with Gasteiger partial charge in [0.05, 0.1) is 4.90 Å². The van der Waals surface area contributed by atoms with E-state index in [4.69, 9.17) is 17.3 Å². The predicted octanol–water partition coefficient (Wildman–Crippen LogP) is 1.12. The molecule has 2 N–H and O–H groups in total. The number of sulfonamides is 1. The number of halogens is 1. The average molecular weight is 318 g/mol. The minimum absolute atomic E-state index is 0.0493. The maximum Gasteiger partial charge on any atom is 0.243 e. The van der Waals surface area contributed by atoms with Crippen LogP contribution in [-0.2, 0) is 16.6 Å². The van der Waals surface area contributed by atoms with E-state index >= 15 is 0 Å². The fourth-order valence-electron chi connectivity index (χ4n) is 2.47. The molecule has 1 aliphatic rings. The van der Waals surface area contributed by atoms with Gasteiger partial charge in [0, 0.05) is 37.2 Å². The van der Waals surface area contributed by atoms with Crippen molar-refractivity contribution in [1.29, 1.82) is 0 Å². The van der Waals surface area contributed by atoms with E-state index in [1.54, 1.807) is 16.4 Å². The van der Waals surface area contributed by atoms with Gasteiger partial charge in [0.1, 0.15) is 0 Å². The van der Waals surface area contributed by atoms with Crippen LogP contribution < -0.4 is 5.73 Å². The minimum atomic E-state index is -3.50. The summed E-state index contributed by atoms with van der Waals surface area (Å²) in [5.41, 5.74) is 6.29. The van der Waals surface area contributed by atoms with Gasteiger partial charge >= 0.3 is 0 Å². The predicted molar refractivity (Wildman–Crippen MR) is 80.2 cm³/mol. The van der Waals surface area contributed by atoms with Crippen molar-refractivity contribution in [1.82, 2.24) is 9.21 Å². The molecule has 112 valence electrons. The molecule has 0 spiro atoms. The van der Waals surface area contributed by atoms with E-state index in [9.17, 15) is 8.42 Å². The molecule has 20 heavy (non-hydrogen) atoms. The number of nitrogens with zero attached hydrogens (tertiary/aromatic N) is 2. The molecule has 1 aliphatic heterocycles. The van der Waals surface area contributed by atoms with E-state index in [0.29, 0.717) is 18.1 Å². The second-order valence-corrected chi connectivity index (χ2v) is 7.48. The Morgan fingerprint density at radius 2 is 2.10 bits per heavy atom. The zero-order chi connectivity index (χ0) is 14.9. The number of rotatable bonds is 3. The Labute approximate surface area is 125 Å². The van der Waals surface area contributed by atoms with Gasteiger partial charge in [-0.25, -0.2) is 8.42 Å². The van der Waals surface area contributed by atoms with E-state index in [2.05, 4.69) is 4.90 Å². The first-order valence-electron chi connectivity index (χ1n) is 6.55. The van der Waals surface area contributed by atoms with Crippen LogP contribution in [0.15, 0.2) is 23.1 Å². The summed E-state index contributed by atoms with van der Waals surface area (Å²) in [5.74, 6) is 0. The van der Waals surface area contributed by atoms with Crippen LogP contribution in [0.1, 0.15) is 12.5 Å². The minimum Gasteiger partial charge on any atom is -0.326 e. The highest BCUT2D eigenvalue weighted by Crippen LogP contribution is 2.25. The second-order valence-electron chi connectivity index (χ2n) is 5.18. The van der Waals surface area contributed by atoms with Gasteiger partial charge in [-0.05, 0) is 31.7 Å². The lowest BCUT2D eigenvalue weighted by atomic mass is 10.2. The van der Waals surface area contributed by atoms with E-state index in [-0.39, 0.29) is 10.9 Å². The van der Waals surface area contributed by atoms with Gasteiger partial charge in [-0.1, -0.05) is 17.7 Å². The van der Waals surface area contributed by atoms with Crippen LogP contribution in [0.25, 0.3) is 0 Å². The summed E-state index contributed by atoms with van der Waals surface area (Å²) in [7, 11) is -1.51. The van der Waals surface area contributed by atoms with Crippen LogP contribution >= 0.6 is 11.6 Å². The SMILES string of the molecule is CC1CN(C)CCN1S(=O)(=O)c1ccc(CN)c(Cl)c1. The lowest BCUT2D eigenvalue weighted by Crippen LogP contribution is -2.52. The lowest BCUT2D eigenvalue weighted by molar-refractivity contribution is 0.170. The molecule has 7 heteroatoms. The molecule has 0 radical (unpaired) electrons. The van der Waals surface area contributed by atoms with Crippen molar-refractivity contribution in [2.24, 2.45) is 5.73 Å². The smallest absolute Gasteiger partial charge is 0.243 e. The molecule has 1 aromatic rings. The van der Waals surface area contributed by atoms with Crippen LogP contribution in [0.4, 0.5) is 0 Å². The number of piperazine rings is 1. The average Bonchev–Trinajstić information content (AvgIpc) is 2.38. The molecule has 5 nitrogen and oxygen atoms in total. The summed E-state index contributed by atoms with van der Waals surface area (Å²) in [6, 6.07) is 4.70. The molecule has 1 saturated heterocycles. The molecule has 0 bridgehead atoms. The van der Waals surface area contributed by atoms with E-state index < -0.39 is 10.0 Å². The zero-order valence-corrected chi connectivity index (χ0v) is 13.3. The van der Waals surface area contributed by atoms with Gasteiger partial charge in [0.15, 0.2) is 0 Å². The Morgan fingerprint density at radius 3 is 2.65 bits per heavy atom. The normalized spacial score (nSPS) is 22.1. The van der Waals surface area contributed by atoms with E-state index in [0.717, 1.165) is 18.7 Å². The molecule has 1 unspecified atom stereocenters. The Hall–Kier alpha value is -0.660. The molecule has 0 aromatic heterocycles. The van der Waals surface area contributed by atoms with Crippen molar-refractivity contribution in [3.05, 3.63) is 28.8 Å². The first-order valence-corrected chi connectivity index (χ1v) is 8.37. The number of nitrogens with two attached hydrogens (primary N) is 1. The van der Waals surface area contributed by atoms with Crippen molar-refractivity contribution in [3.63, 3.8) is 0 Å². The summed E-state index contributed by atoms with van der Waals surface area (Å²) in [5, 5.41) is 0.398. The molecule has 0 amide bonds. The topological polar surface area (TPSA) is 66.6 Å². The first kappa shape index (κ1) is 15.7. The maximum atomic E-state index is 12.7. The third kappa shape index (κ3) is 2.99. The summed E-state index contributed by atoms with van der Waals surface area (Å²) in [6.45, 7) is 4.18. The van der Waals surface area contributed by atoms with Gasteiger partial charge in [-0.15, -0.1) is 0 Å².